The van der Waals surface area contributed by atoms with E-state index in [1.54, 1.807) is 12.1 Å². The lowest BCUT2D eigenvalue weighted by Gasteiger charge is -1.97. The van der Waals surface area contributed by atoms with E-state index in [0.717, 1.165) is 4.70 Å². The van der Waals surface area contributed by atoms with E-state index < -0.39 is 0 Å². The molecule has 12 heavy (non-hydrogen) atoms. The van der Waals surface area contributed by atoms with Crippen molar-refractivity contribution in [2.24, 2.45) is 0 Å². The van der Waals surface area contributed by atoms with Gasteiger partial charge in [0.25, 0.3) is 0 Å². The van der Waals surface area contributed by atoms with Crippen LogP contribution in [0, 0.1) is 5.82 Å². The summed E-state index contributed by atoms with van der Waals surface area (Å²) < 4.78 is 13.9. The monoisotopic (exact) mass is 199 g/mol. The molecule has 0 aliphatic heterocycles. The van der Waals surface area contributed by atoms with Gasteiger partial charge in [-0.05, 0) is 12.1 Å². The van der Waals surface area contributed by atoms with Crippen molar-refractivity contribution in [3.05, 3.63) is 23.3 Å². The van der Waals surface area contributed by atoms with Crippen LogP contribution in [0.5, 0.6) is 0 Å². The van der Waals surface area contributed by atoms with Crippen LogP contribution in [-0.2, 0) is 0 Å². The summed E-state index contributed by atoms with van der Waals surface area (Å²) in [6.45, 7) is 0. The van der Waals surface area contributed by atoms with Crippen LogP contribution in [0.4, 0.5) is 10.1 Å². The number of nitrogen functional groups attached to an aromatic ring is 1. The lowest BCUT2D eigenvalue weighted by molar-refractivity contribution is 0.644. The van der Waals surface area contributed by atoms with Gasteiger partial charge >= 0.3 is 0 Å². The number of halogens is 1. The van der Waals surface area contributed by atoms with Gasteiger partial charge in [0.05, 0.1) is 0 Å². The quantitative estimate of drug-likeness (QED) is 0.495. The normalized spacial score (nSPS) is 10.8. The van der Waals surface area contributed by atoms with Crippen molar-refractivity contribution in [3.63, 3.8) is 0 Å². The third kappa shape index (κ3) is 1.07. The zero-order chi connectivity index (χ0) is 8.72. The lowest BCUT2D eigenvalue weighted by atomic mass is 10.2. The highest BCUT2D eigenvalue weighted by Crippen LogP contribution is 2.30. The fraction of sp³-hybridized carbons (Fsp3) is 0. The number of hydrogen-bond donors (Lipinski definition) is 2. The molecular weight excluding hydrogens is 193 g/mol. The van der Waals surface area contributed by atoms with Gasteiger partial charge in [-0.1, -0.05) is 0 Å². The van der Waals surface area contributed by atoms with E-state index in [2.05, 4.69) is 12.6 Å². The molecule has 0 unspecified atom stereocenters. The average Bonchev–Trinajstić information content (AvgIpc) is 2.35. The van der Waals surface area contributed by atoms with Crippen LogP contribution in [-0.4, -0.2) is 0 Å². The first-order valence-corrected chi connectivity index (χ1v) is 4.66. The van der Waals surface area contributed by atoms with Crippen molar-refractivity contribution < 1.29 is 4.39 Å². The number of thiol groups is 1. The number of anilines is 1. The molecule has 1 aromatic carbocycles. The second kappa shape index (κ2) is 2.64. The highest BCUT2D eigenvalue weighted by molar-refractivity contribution is 7.80. The van der Waals surface area contributed by atoms with Gasteiger partial charge in [-0.2, -0.15) is 0 Å². The van der Waals surface area contributed by atoms with Crippen LogP contribution in [0.25, 0.3) is 10.1 Å². The molecule has 62 valence electrons. The van der Waals surface area contributed by atoms with Crippen molar-refractivity contribution in [1.82, 2.24) is 0 Å². The molecule has 0 amide bonds. The summed E-state index contributed by atoms with van der Waals surface area (Å²) >= 11 is 5.50. The Morgan fingerprint density at radius 3 is 2.92 bits per heavy atom. The first-order valence-electron chi connectivity index (χ1n) is 3.33. The minimum absolute atomic E-state index is 0.213. The van der Waals surface area contributed by atoms with E-state index in [1.165, 1.54) is 16.7 Å². The smallest absolute Gasteiger partial charge is 0.141 e. The van der Waals surface area contributed by atoms with Crippen LogP contribution >= 0.6 is 24.0 Å². The van der Waals surface area contributed by atoms with Gasteiger partial charge in [-0.3, -0.25) is 0 Å². The predicted molar refractivity (Wildman–Crippen MR) is 53.4 cm³/mol. The molecule has 0 radical (unpaired) electrons. The summed E-state index contributed by atoms with van der Waals surface area (Å²) in [6, 6.07) is 3.39. The van der Waals surface area contributed by atoms with Crippen LogP contribution in [0.3, 0.4) is 0 Å². The van der Waals surface area contributed by atoms with E-state index in [0.29, 0.717) is 16.0 Å². The van der Waals surface area contributed by atoms with Crippen molar-refractivity contribution in [2.45, 2.75) is 4.90 Å². The van der Waals surface area contributed by atoms with Crippen LogP contribution in [0.1, 0.15) is 0 Å². The molecule has 1 nitrogen and oxygen atoms in total. The molecule has 1 heterocycles. The van der Waals surface area contributed by atoms with Gasteiger partial charge in [-0.25, -0.2) is 4.39 Å². The first kappa shape index (κ1) is 7.89. The van der Waals surface area contributed by atoms with Crippen molar-refractivity contribution in [1.29, 1.82) is 0 Å². The summed E-state index contributed by atoms with van der Waals surface area (Å²) in [6.07, 6.45) is 0. The minimum Gasteiger partial charge on any atom is -0.398 e. The molecular formula is C8H6FNS2. The van der Waals surface area contributed by atoms with Gasteiger partial charge in [-0.15, -0.1) is 24.0 Å². The third-order valence-corrected chi connectivity index (χ3v) is 2.98. The first-order chi connectivity index (χ1) is 5.68. The van der Waals surface area contributed by atoms with Crippen LogP contribution < -0.4 is 5.73 Å². The predicted octanol–water partition coefficient (Wildman–Crippen LogP) is 2.91. The van der Waals surface area contributed by atoms with Gasteiger partial charge in [0.1, 0.15) is 5.82 Å². The fourth-order valence-corrected chi connectivity index (χ4v) is 2.16. The maximum absolute atomic E-state index is 13.0. The molecule has 0 saturated heterocycles. The third-order valence-electron chi connectivity index (χ3n) is 1.68. The summed E-state index contributed by atoms with van der Waals surface area (Å²) in [5.74, 6) is -0.213. The molecule has 0 saturated carbocycles. The maximum atomic E-state index is 13.0. The van der Waals surface area contributed by atoms with E-state index in [-0.39, 0.29) is 5.82 Å². The maximum Gasteiger partial charge on any atom is 0.141 e. The SMILES string of the molecule is Nc1cc2c(F)csc2cc1S. The van der Waals surface area contributed by atoms with Crippen molar-refractivity contribution in [3.8, 4) is 0 Å². The summed E-state index contributed by atoms with van der Waals surface area (Å²) in [5.41, 5.74) is 6.09. The molecule has 0 fully saturated rings. The molecule has 0 aliphatic carbocycles. The molecule has 2 rings (SSSR count). The molecule has 4 heteroatoms. The Bertz CT molecular complexity index is 436. The average molecular weight is 199 g/mol. The molecule has 2 aromatic rings. The number of benzene rings is 1. The zero-order valence-electron chi connectivity index (χ0n) is 6.04. The number of fused-ring (bicyclic) bond motifs is 1. The summed E-state index contributed by atoms with van der Waals surface area (Å²) in [7, 11) is 0. The van der Waals surface area contributed by atoms with Crippen molar-refractivity contribution >= 4 is 39.7 Å². The largest absolute Gasteiger partial charge is 0.398 e. The standard InChI is InChI=1S/C8H6FNS2/c9-5-3-12-8-2-7(11)6(10)1-4(5)8/h1-3,11H,10H2. The van der Waals surface area contributed by atoms with Gasteiger partial charge in [0.2, 0.25) is 0 Å². The highest BCUT2D eigenvalue weighted by Gasteiger charge is 2.05. The summed E-state index contributed by atoms with van der Waals surface area (Å²) in [5, 5.41) is 2.05. The van der Waals surface area contributed by atoms with Crippen LogP contribution in [0.2, 0.25) is 0 Å². The molecule has 0 bridgehead atoms. The van der Waals surface area contributed by atoms with Gasteiger partial charge in [0, 0.05) is 26.0 Å². The Morgan fingerprint density at radius 2 is 2.17 bits per heavy atom. The fourth-order valence-electron chi connectivity index (χ4n) is 1.05. The minimum atomic E-state index is -0.213. The summed E-state index contributed by atoms with van der Waals surface area (Å²) in [4.78, 5) is 0.698. The van der Waals surface area contributed by atoms with Crippen molar-refractivity contribution in [2.75, 3.05) is 5.73 Å². The highest BCUT2D eigenvalue weighted by atomic mass is 32.1. The van der Waals surface area contributed by atoms with E-state index in [9.17, 15) is 4.39 Å². The molecule has 0 spiro atoms. The number of nitrogens with two attached hydrogens (primary N) is 1. The second-order valence-corrected chi connectivity index (χ2v) is 3.88. The number of hydrogen-bond acceptors (Lipinski definition) is 3. The van der Waals surface area contributed by atoms with Crippen LogP contribution in [0.15, 0.2) is 22.4 Å². The Hall–Kier alpha value is -0.740. The molecule has 1 aromatic heterocycles. The molecule has 0 atom stereocenters. The molecule has 0 aliphatic rings. The zero-order valence-corrected chi connectivity index (χ0v) is 7.75. The Kier molecular flexibility index (Phi) is 1.73. The van der Waals surface area contributed by atoms with Gasteiger partial charge < -0.3 is 5.73 Å². The Balaban J connectivity index is 2.87. The second-order valence-electron chi connectivity index (χ2n) is 2.49. The topological polar surface area (TPSA) is 26.0 Å². The number of thiophene rings is 1. The van der Waals surface area contributed by atoms with E-state index in [1.807, 2.05) is 0 Å². The van der Waals surface area contributed by atoms with E-state index in [4.69, 9.17) is 5.73 Å². The molecule has 2 N–H and O–H groups in total. The van der Waals surface area contributed by atoms with Gasteiger partial charge in [0.15, 0.2) is 0 Å². The lowest BCUT2D eigenvalue weighted by Crippen LogP contribution is -1.85. The number of rotatable bonds is 0. The Morgan fingerprint density at radius 1 is 1.42 bits per heavy atom. The Labute approximate surface area is 78.4 Å². The van der Waals surface area contributed by atoms with E-state index >= 15 is 0 Å².